The first-order valence-corrected chi connectivity index (χ1v) is 9.83. The van der Waals surface area contributed by atoms with Crippen molar-refractivity contribution in [3.8, 4) is 0 Å². The Morgan fingerprint density at radius 1 is 1.26 bits per heavy atom. The van der Waals surface area contributed by atoms with Gasteiger partial charge in [0.15, 0.2) is 5.96 Å². The fourth-order valence-corrected chi connectivity index (χ4v) is 3.69. The molecule has 1 atom stereocenters. The van der Waals surface area contributed by atoms with Crippen LogP contribution in [0.4, 0.5) is 13.2 Å². The second kappa shape index (κ2) is 10.4. The average Bonchev–Trinajstić information content (AvgIpc) is 2.52. The number of guanidine groups is 1. The highest BCUT2D eigenvalue weighted by molar-refractivity contribution is 14.0. The van der Waals surface area contributed by atoms with Crippen molar-refractivity contribution >= 4 is 40.0 Å². The van der Waals surface area contributed by atoms with E-state index in [1.807, 2.05) is 0 Å². The van der Waals surface area contributed by atoms with Crippen LogP contribution < -0.4 is 10.6 Å². The van der Waals surface area contributed by atoms with Gasteiger partial charge in [-0.1, -0.05) is 20.8 Å². The average molecular weight is 530 g/mol. The zero-order chi connectivity index (χ0) is 20.2. The number of nitrogens with zero attached hydrogens (tertiary/aromatic N) is 2. The summed E-state index contributed by atoms with van der Waals surface area (Å²) in [6, 6.07) is -0.156. The van der Waals surface area contributed by atoms with Crippen LogP contribution in [-0.4, -0.2) is 70.1 Å². The third kappa shape index (κ3) is 7.54. The van der Waals surface area contributed by atoms with E-state index in [1.54, 1.807) is 14.2 Å². The van der Waals surface area contributed by atoms with Gasteiger partial charge in [0.1, 0.15) is 0 Å². The lowest BCUT2D eigenvalue weighted by Gasteiger charge is -2.33. The number of alkyl halides is 3. The first kappa shape index (κ1) is 26.7. The number of sulfonamides is 1. The van der Waals surface area contributed by atoms with Crippen molar-refractivity contribution in [1.29, 1.82) is 0 Å². The summed E-state index contributed by atoms with van der Waals surface area (Å²) in [7, 11) is -2.03. The summed E-state index contributed by atoms with van der Waals surface area (Å²) in [4.78, 5) is 4.10. The van der Waals surface area contributed by atoms with Gasteiger partial charge in [-0.2, -0.15) is 17.5 Å². The molecule has 1 unspecified atom stereocenters. The van der Waals surface area contributed by atoms with E-state index in [-0.39, 0.29) is 67.5 Å². The molecule has 1 aliphatic rings. The summed E-state index contributed by atoms with van der Waals surface area (Å²) < 4.78 is 66.6. The number of rotatable bonds is 5. The molecule has 12 heteroatoms. The Kier molecular flexibility index (Phi) is 10.3. The van der Waals surface area contributed by atoms with Crippen molar-refractivity contribution < 1.29 is 26.3 Å². The molecule has 1 fully saturated rings. The molecule has 1 rings (SSSR count). The van der Waals surface area contributed by atoms with E-state index in [4.69, 9.17) is 4.74 Å². The molecule has 0 spiro atoms. The lowest BCUT2D eigenvalue weighted by molar-refractivity contribution is -0.0494. The normalized spacial score (nSPS) is 19.3. The van der Waals surface area contributed by atoms with E-state index in [0.29, 0.717) is 16.8 Å². The number of nitrogens with one attached hydrogen (secondary N) is 2. The molecule has 0 saturated carbocycles. The van der Waals surface area contributed by atoms with E-state index in [1.165, 1.54) is 0 Å². The Morgan fingerprint density at radius 3 is 2.15 bits per heavy atom. The fraction of sp³-hybridized carbons (Fsp3) is 0.933. The van der Waals surface area contributed by atoms with Crippen LogP contribution in [-0.2, 0) is 14.8 Å². The van der Waals surface area contributed by atoms with E-state index >= 15 is 0 Å². The van der Waals surface area contributed by atoms with E-state index in [2.05, 4.69) is 36.4 Å². The molecule has 0 aliphatic carbocycles. The van der Waals surface area contributed by atoms with Gasteiger partial charge in [0, 0.05) is 39.8 Å². The highest BCUT2D eigenvalue weighted by Gasteiger charge is 2.50. The van der Waals surface area contributed by atoms with Gasteiger partial charge in [-0.25, -0.2) is 8.42 Å². The maximum atomic E-state index is 12.6. The van der Waals surface area contributed by atoms with Crippen LogP contribution in [0.25, 0.3) is 0 Å². The largest absolute Gasteiger partial charge is 0.511 e. The summed E-state index contributed by atoms with van der Waals surface area (Å²) in [5.41, 5.74) is -5.33. The molecule has 162 valence electrons. The van der Waals surface area contributed by atoms with Gasteiger partial charge in [-0.3, -0.25) is 4.99 Å². The van der Waals surface area contributed by atoms with Crippen molar-refractivity contribution in [2.75, 3.05) is 33.8 Å². The maximum Gasteiger partial charge on any atom is 0.511 e. The molecule has 0 aromatic heterocycles. The zero-order valence-electron chi connectivity index (χ0n) is 16.3. The number of halogens is 4. The van der Waals surface area contributed by atoms with Crippen LogP contribution in [0.1, 0.15) is 33.6 Å². The Hall–Kier alpha value is -0.340. The summed E-state index contributed by atoms with van der Waals surface area (Å²) in [6.07, 6.45) is 0.478. The number of aliphatic imine (C=N–C) groups is 1. The lowest BCUT2D eigenvalue weighted by Crippen LogP contribution is -2.53. The van der Waals surface area contributed by atoms with Crippen LogP contribution in [0.15, 0.2) is 4.99 Å². The molecule has 1 aliphatic heterocycles. The molecular weight excluding hydrogens is 500 g/mol. The van der Waals surface area contributed by atoms with E-state index in [0.717, 1.165) is 0 Å². The number of methoxy groups -OCH3 is 1. The molecule has 0 bridgehead atoms. The van der Waals surface area contributed by atoms with Crippen molar-refractivity contribution in [2.24, 2.45) is 10.4 Å². The SMILES string of the molecule is CN=C(NCC(OC)C(C)(C)C)NC1CCN(S(=O)(=O)C(F)(F)F)CC1.I. The van der Waals surface area contributed by atoms with Crippen LogP contribution >= 0.6 is 24.0 Å². The monoisotopic (exact) mass is 530 g/mol. The van der Waals surface area contributed by atoms with Gasteiger partial charge >= 0.3 is 15.5 Å². The summed E-state index contributed by atoms with van der Waals surface area (Å²) in [5, 5.41) is 6.27. The zero-order valence-corrected chi connectivity index (χ0v) is 19.4. The summed E-state index contributed by atoms with van der Waals surface area (Å²) >= 11 is 0. The molecule has 1 saturated heterocycles. The third-order valence-electron chi connectivity index (χ3n) is 4.36. The predicted molar refractivity (Wildman–Crippen MR) is 110 cm³/mol. The fourth-order valence-electron chi connectivity index (χ4n) is 2.71. The molecule has 1 heterocycles. The summed E-state index contributed by atoms with van der Waals surface area (Å²) in [6.45, 7) is 6.31. The molecule has 7 nitrogen and oxygen atoms in total. The molecule has 0 aromatic rings. The standard InChI is InChI=1S/C15H29F3N4O3S.HI/c1-14(2,3)12(25-5)10-20-13(19-4)21-11-6-8-22(9-7-11)26(23,24)15(16,17)18;/h11-12H,6-10H2,1-5H3,(H2,19,20,21);1H. The molecule has 0 radical (unpaired) electrons. The minimum absolute atomic E-state index is 0. The van der Waals surface area contributed by atoms with Gasteiger partial charge < -0.3 is 15.4 Å². The molecule has 27 heavy (non-hydrogen) atoms. The first-order valence-electron chi connectivity index (χ1n) is 8.39. The van der Waals surface area contributed by atoms with Crippen molar-refractivity contribution in [1.82, 2.24) is 14.9 Å². The predicted octanol–water partition coefficient (Wildman–Crippen LogP) is 2.14. The molecule has 0 aromatic carbocycles. The third-order valence-corrected chi connectivity index (χ3v) is 5.99. The number of ether oxygens (including phenoxy) is 1. The maximum absolute atomic E-state index is 12.6. The minimum atomic E-state index is -5.26. The van der Waals surface area contributed by atoms with Crippen molar-refractivity contribution in [2.45, 2.75) is 51.3 Å². The number of piperidine rings is 1. The van der Waals surface area contributed by atoms with Gasteiger partial charge in [-0.05, 0) is 18.3 Å². The van der Waals surface area contributed by atoms with E-state index in [9.17, 15) is 21.6 Å². The summed E-state index contributed by atoms with van der Waals surface area (Å²) in [5.74, 6) is 0.508. The Morgan fingerprint density at radius 2 is 1.78 bits per heavy atom. The van der Waals surface area contributed by atoms with Crippen molar-refractivity contribution in [3.05, 3.63) is 0 Å². The minimum Gasteiger partial charge on any atom is -0.379 e. The number of hydrogen-bond acceptors (Lipinski definition) is 4. The van der Waals surface area contributed by atoms with Gasteiger partial charge in [0.05, 0.1) is 6.10 Å². The highest BCUT2D eigenvalue weighted by Crippen LogP contribution is 2.29. The molecular formula is C15H30F3IN4O3S. The molecule has 0 amide bonds. The highest BCUT2D eigenvalue weighted by atomic mass is 127. The molecule has 2 N–H and O–H groups in total. The smallest absolute Gasteiger partial charge is 0.379 e. The Labute approximate surface area is 176 Å². The first-order chi connectivity index (χ1) is 11.8. The van der Waals surface area contributed by atoms with E-state index < -0.39 is 15.5 Å². The van der Waals surface area contributed by atoms with Gasteiger partial charge in [0.2, 0.25) is 0 Å². The second-order valence-electron chi connectivity index (χ2n) is 7.31. The van der Waals surface area contributed by atoms with Crippen LogP contribution in [0, 0.1) is 5.41 Å². The quantitative estimate of drug-likeness (QED) is 0.324. The van der Waals surface area contributed by atoms with Crippen LogP contribution in [0.5, 0.6) is 0 Å². The second-order valence-corrected chi connectivity index (χ2v) is 9.24. The van der Waals surface area contributed by atoms with Crippen LogP contribution in [0.3, 0.4) is 0 Å². The van der Waals surface area contributed by atoms with Crippen molar-refractivity contribution in [3.63, 3.8) is 0 Å². The van der Waals surface area contributed by atoms with Gasteiger partial charge in [0.25, 0.3) is 0 Å². The lowest BCUT2D eigenvalue weighted by atomic mass is 9.89. The Bertz CT molecular complexity index is 586. The number of hydrogen-bond donors (Lipinski definition) is 2. The Balaban J connectivity index is 0.00000676. The topological polar surface area (TPSA) is 83.0 Å². The van der Waals surface area contributed by atoms with Crippen LogP contribution in [0.2, 0.25) is 0 Å². The van der Waals surface area contributed by atoms with Gasteiger partial charge in [-0.15, -0.1) is 24.0 Å².